The third-order valence-electron chi connectivity index (χ3n) is 2.69. The minimum atomic E-state index is 0.332. The molecule has 16 heavy (non-hydrogen) atoms. The van der Waals surface area contributed by atoms with Gasteiger partial charge in [0.15, 0.2) is 0 Å². The molecule has 82 valence electrons. The first-order chi connectivity index (χ1) is 7.92. The number of hydrogen-bond acceptors (Lipinski definition) is 3. The molecule has 0 amide bonds. The van der Waals surface area contributed by atoms with Crippen molar-refractivity contribution in [1.29, 1.82) is 0 Å². The first-order valence-electron chi connectivity index (χ1n) is 5.37. The van der Waals surface area contributed by atoms with Crippen LogP contribution in [0, 0.1) is 0 Å². The number of rotatable bonds is 3. The Labute approximate surface area is 93.9 Å². The number of imidazole rings is 1. The van der Waals surface area contributed by atoms with Crippen LogP contribution < -0.4 is 10.1 Å². The molecule has 1 aromatic carbocycles. The van der Waals surface area contributed by atoms with Crippen molar-refractivity contribution in [2.45, 2.75) is 6.10 Å². The van der Waals surface area contributed by atoms with Gasteiger partial charge in [0.05, 0.1) is 6.33 Å². The van der Waals surface area contributed by atoms with Gasteiger partial charge in [-0.05, 0) is 24.3 Å². The van der Waals surface area contributed by atoms with E-state index in [9.17, 15) is 0 Å². The zero-order valence-electron chi connectivity index (χ0n) is 8.84. The second-order valence-corrected chi connectivity index (χ2v) is 3.86. The van der Waals surface area contributed by atoms with E-state index in [2.05, 4.69) is 10.3 Å². The van der Waals surface area contributed by atoms with Gasteiger partial charge in [-0.25, -0.2) is 4.98 Å². The van der Waals surface area contributed by atoms with Gasteiger partial charge in [0, 0.05) is 31.2 Å². The van der Waals surface area contributed by atoms with Gasteiger partial charge in [-0.3, -0.25) is 0 Å². The maximum Gasteiger partial charge on any atom is 0.123 e. The van der Waals surface area contributed by atoms with Crippen LogP contribution in [0.5, 0.6) is 5.75 Å². The van der Waals surface area contributed by atoms with Gasteiger partial charge in [0.25, 0.3) is 0 Å². The molecule has 1 aliphatic rings. The molecule has 1 aromatic heterocycles. The Bertz CT molecular complexity index is 446. The first kappa shape index (κ1) is 9.42. The molecule has 0 unspecified atom stereocenters. The van der Waals surface area contributed by atoms with Gasteiger partial charge in [0.2, 0.25) is 0 Å². The fraction of sp³-hybridized carbons (Fsp3) is 0.250. The van der Waals surface area contributed by atoms with Crippen molar-refractivity contribution >= 4 is 0 Å². The van der Waals surface area contributed by atoms with Crippen LogP contribution in [0.1, 0.15) is 0 Å². The number of nitrogens with zero attached hydrogens (tertiary/aromatic N) is 2. The maximum absolute atomic E-state index is 5.74. The Morgan fingerprint density at radius 1 is 1.25 bits per heavy atom. The molecule has 1 aliphatic heterocycles. The van der Waals surface area contributed by atoms with Gasteiger partial charge in [-0.15, -0.1) is 0 Å². The minimum absolute atomic E-state index is 0.332. The molecular weight excluding hydrogens is 202 g/mol. The Balaban J connectivity index is 1.74. The number of nitrogens with one attached hydrogen (secondary N) is 1. The zero-order chi connectivity index (χ0) is 10.8. The summed E-state index contributed by atoms with van der Waals surface area (Å²) >= 11 is 0. The molecule has 0 saturated carbocycles. The summed E-state index contributed by atoms with van der Waals surface area (Å²) in [6.45, 7) is 1.90. The molecule has 0 aliphatic carbocycles. The lowest BCUT2D eigenvalue weighted by Crippen LogP contribution is -2.50. The van der Waals surface area contributed by atoms with Crippen LogP contribution in [0.3, 0.4) is 0 Å². The van der Waals surface area contributed by atoms with Gasteiger partial charge in [0.1, 0.15) is 11.9 Å². The van der Waals surface area contributed by atoms with Gasteiger partial charge < -0.3 is 14.6 Å². The quantitative estimate of drug-likeness (QED) is 0.836. The summed E-state index contributed by atoms with van der Waals surface area (Å²) in [4.78, 5) is 4.02. The largest absolute Gasteiger partial charge is 0.488 e. The van der Waals surface area contributed by atoms with Crippen molar-refractivity contribution in [3.63, 3.8) is 0 Å². The van der Waals surface area contributed by atoms with Crippen LogP contribution in [-0.2, 0) is 0 Å². The summed E-state index contributed by atoms with van der Waals surface area (Å²) in [5, 5.41) is 3.18. The van der Waals surface area contributed by atoms with Crippen molar-refractivity contribution in [3.8, 4) is 11.4 Å². The van der Waals surface area contributed by atoms with Crippen LogP contribution in [0.25, 0.3) is 5.69 Å². The molecule has 4 heteroatoms. The lowest BCUT2D eigenvalue weighted by molar-refractivity contribution is 0.142. The molecule has 0 atom stereocenters. The van der Waals surface area contributed by atoms with Crippen molar-refractivity contribution < 1.29 is 4.74 Å². The van der Waals surface area contributed by atoms with E-state index in [1.165, 1.54) is 0 Å². The first-order valence-corrected chi connectivity index (χ1v) is 5.37. The summed E-state index contributed by atoms with van der Waals surface area (Å²) in [7, 11) is 0. The highest BCUT2D eigenvalue weighted by atomic mass is 16.5. The van der Waals surface area contributed by atoms with E-state index in [0.29, 0.717) is 6.10 Å². The second-order valence-electron chi connectivity index (χ2n) is 3.86. The van der Waals surface area contributed by atoms with Crippen LogP contribution in [-0.4, -0.2) is 28.7 Å². The third-order valence-corrected chi connectivity index (χ3v) is 2.69. The smallest absolute Gasteiger partial charge is 0.123 e. The van der Waals surface area contributed by atoms with E-state index in [-0.39, 0.29) is 0 Å². The van der Waals surface area contributed by atoms with Crippen molar-refractivity contribution in [3.05, 3.63) is 43.0 Å². The molecule has 0 spiro atoms. The highest BCUT2D eigenvalue weighted by molar-refractivity contribution is 5.37. The highest BCUT2D eigenvalue weighted by Gasteiger charge is 2.17. The topological polar surface area (TPSA) is 39.1 Å². The molecule has 1 fully saturated rings. The average molecular weight is 215 g/mol. The molecule has 1 N–H and O–H groups in total. The lowest BCUT2D eigenvalue weighted by atomic mass is 10.2. The third kappa shape index (κ3) is 1.79. The molecule has 2 heterocycles. The van der Waals surface area contributed by atoms with Gasteiger partial charge >= 0.3 is 0 Å². The van der Waals surface area contributed by atoms with E-state index >= 15 is 0 Å². The van der Waals surface area contributed by atoms with Crippen LogP contribution in [0.4, 0.5) is 0 Å². The SMILES string of the molecule is c1cn(-c2ccc(OC3CNC3)cc2)cn1. The predicted octanol–water partition coefficient (Wildman–Crippen LogP) is 1.22. The molecule has 0 bridgehead atoms. The highest BCUT2D eigenvalue weighted by Crippen LogP contribution is 2.17. The normalized spacial score (nSPS) is 15.8. The summed E-state index contributed by atoms with van der Waals surface area (Å²) in [6, 6.07) is 8.05. The van der Waals surface area contributed by atoms with Gasteiger partial charge in [-0.2, -0.15) is 0 Å². The summed E-state index contributed by atoms with van der Waals surface area (Å²) in [6.07, 6.45) is 5.81. The molecule has 3 rings (SSSR count). The molecule has 4 nitrogen and oxygen atoms in total. The summed E-state index contributed by atoms with van der Waals surface area (Å²) in [5.74, 6) is 0.926. The number of ether oxygens (including phenoxy) is 1. The van der Waals surface area contributed by atoms with E-state index in [1.807, 2.05) is 35.0 Å². The lowest BCUT2D eigenvalue weighted by Gasteiger charge is -2.27. The molecular formula is C12H13N3O. The fourth-order valence-electron chi connectivity index (χ4n) is 1.65. The predicted molar refractivity (Wildman–Crippen MR) is 60.8 cm³/mol. The molecule has 0 radical (unpaired) electrons. The average Bonchev–Trinajstić information content (AvgIpc) is 2.78. The Hall–Kier alpha value is -1.81. The maximum atomic E-state index is 5.74. The van der Waals surface area contributed by atoms with E-state index in [0.717, 1.165) is 24.5 Å². The van der Waals surface area contributed by atoms with E-state index < -0.39 is 0 Å². The van der Waals surface area contributed by atoms with E-state index in [4.69, 9.17) is 4.74 Å². The monoisotopic (exact) mass is 215 g/mol. The van der Waals surface area contributed by atoms with Crippen LogP contribution in [0.2, 0.25) is 0 Å². The Morgan fingerprint density at radius 3 is 2.62 bits per heavy atom. The Kier molecular flexibility index (Phi) is 2.34. The summed E-state index contributed by atoms with van der Waals surface area (Å²) in [5.41, 5.74) is 1.09. The molecule has 1 saturated heterocycles. The van der Waals surface area contributed by atoms with Crippen molar-refractivity contribution in [2.24, 2.45) is 0 Å². The number of benzene rings is 1. The zero-order valence-corrected chi connectivity index (χ0v) is 8.84. The number of aromatic nitrogens is 2. The molecule has 2 aromatic rings. The van der Waals surface area contributed by atoms with Crippen LogP contribution in [0.15, 0.2) is 43.0 Å². The minimum Gasteiger partial charge on any atom is -0.488 e. The van der Waals surface area contributed by atoms with Crippen molar-refractivity contribution in [1.82, 2.24) is 14.9 Å². The fourth-order valence-corrected chi connectivity index (χ4v) is 1.65. The standard InChI is InChI=1S/C12H13N3O/c1-3-11(16-12-7-14-8-12)4-2-10(1)15-6-5-13-9-15/h1-6,9,12,14H,7-8H2. The second kappa shape index (κ2) is 3.98. The summed E-state index contributed by atoms with van der Waals surface area (Å²) < 4.78 is 7.70. The van der Waals surface area contributed by atoms with Crippen LogP contribution >= 0.6 is 0 Å². The van der Waals surface area contributed by atoms with E-state index in [1.54, 1.807) is 12.5 Å². The van der Waals surface area contributed by atoms with Crippen molar-refractivity contribution in [2.75, 3.05) is 13.1 Å². The number of hydrogen-bond donors (Lipinski definition) is 1. The Morgan fingerprint density at radius 2 is 2.06 bits per heavy atom. The van der Waals surface area contributed by atoms with Gasteiger partial charge in [-0.1, -0.05) is 0 Å².